The third-order valence-corrected chi connectivity index (χ3v) is 1.68. The number of hydrogen-bond donors (Lipinski definition) is 1. The number of allylic oxidation sites excluding steroid dienone is 1. The molecule has 2 heteroatoms. The van der Waals surface area contributed by atoms with Crippen molar-refractivity contribution >= 4 is 5.69 Å². The maximum absolute atomic E-state index is 13.0. The van der Waals surface area contributed by atoms with Gasteiger partial charge in [-0.15, -0.1) is 0 Å². The third-order valence-electron chi connectivity index (χ3n) is 1.68. The minimum atomic E-state index is -0.204. The molecule has 1 rings (SSSR count). The van der Waals surface area contributed by atoms with E-state index in [1.165, 1.54) is 11.6 Å². The van der Waals surface area contributed by atoms with Gasteiger partial charge in [-0.2, -0.15) is 0 Å². The minimum absolute atomic E-state index is 0.204. The van der Waals surface area contributed by atoms with Crippen molar-refractivity contribution in [3.8, 4) is 0 Å². The van der Waals surface area contributed by atoms with E-state index in [4.69, 9.17) is 0 Å². The van der Waals surface area contributed by atoms with Crippen LogP contribution in [0.25, 0.3) is 0 Å². The number of anilines is 1. The molecule has 1 aromatic carbocycles. The molecule has 0 unspecified atom stereocenters. The van der Waals surface area contributed by atoms with Crippen LogP contribution in [0.2, 0.25) is 0 Å². The van der Waals surface area contributed by atoms with E-state index in [9.17, 15) is 4.39 Å². The van der Waals surface area contributed by atoms with Crippen molar-refractivity contribution in [1.29, 1.82) is 0 Å². The molecule has 13 heavy (non-hydrogen) atoms. The number of halogens is 1. The first-order valence-electron chi connectivity index (χ1n) is 4.32. The molecule has 0 bridgehead atoms. The average molecular weight is 179 g/mol. The second-order valence-corrected chi connectivity index (χ2v) is 3.14. The molecule has 0 aromatic heterocycles. The van der Waals surface area contributed by atoms with Crippen molar-refractivity contribution in [3.05, 3.63) is 41.7 Å². The van der Waals surface area contributed by atoms with Gasteiger partial charge in [-0.1, -0.05) is 23.8 Å². The van der Waals surface area contributed by atoms with Crippen LogP contribution in [0.15, 0.2) is 35.9 Å². The van der Waals surface area contributed by atoms with E-state index >= 15 is 0 Å². The topological polar surface area (TPSA) is 12.0 Å². The maximum Gasteiger partial charge on any atom is 0.146 e. The summed E-state index contributed by atoms with van der Waals surface area (Å²) in [6, 6.07) is 6.67. The minimum Gasteiger partial charge on any atom is -0.379 e. The van der Waals surface area contributed by atoms with Gasteiger partial charge in [0.2, 0.25) is 0 Å². The molecule has 0 aliphatic heterocycles. The lowest BCUT2D eigenvalue weighted by molar-refractivity contribution is 0.631. The summed E-state index contributed by atoms with van der Waals surface area (Å²) in [6.07, 6.45) is 2.02. The Bertz CT molecular complexity index is 301. The van der Waals surface area contributed by atoms with Crippen molar-refractivity contribution < 1.29 is 4.39 Å². The van der Waals surface area contributed by atoms with E-state index in [0.717, 1.165) is 0 Å². The second kappa shape index (κ2) is 4.65. The Labute approximate surface area is 78.3 Å². The quantitative estimate of drug-likeness (QED) is 0.702. The fourth-order valence-corrected chi connectivity index (χ4v) is 0.970. The third kappa shape index (κ3) is 3.28. The lowest BCUT2D eigenvalue weighted by Gasteiger charge is -2.03. The summed E-state index contributed by atoms with van der Waals surface area (Å²) in [5.74, 6) is -0.204. The van der Waals surface area contributed by atoms with E-state index < -0.39 is 0 Å². The lowest BCUT2D eigenvalue weighted by Crippen LogP contribution is -2.00. The molecular weight excluding hydrogens is 165 g/mol. The van der Waals surface area contributed by atoms with Gasteiger partial charge >= 0.3 is 0 Å². The molecule has 0 spiro atoms. The molecule has 0 atom stereocenters. The zero-order valence-electron chi connectivity index (χ0n) is 7.97. The zero-order valence-corrected chi connectivity index (χ0v) is 7.97. The van der Waals surface area contributed by atoms with Gasteiger partial charge in [0, 0.05) is 6.54 Å². The second-order valence-electron chi connectivity index (χ2n) is 3.14. The fourth-order valence-electron chi connectivity index (χ4n) is 0.970. The largest absolute Gasteiger partial charge is 0.379 e. The number of nitrogens with one attached hydrogen (secondary N) is 1. The molecule has 0 saturated heterocycles. The highest BCUT2D eigenvalue weighted by molar-refractivity contribution is 5.44. The first kappa shape index (κ1) is 9.78. The highest BCUT2D eigenvalue weighted by Crippen LogP contribution is 2.11. The number of para-hydroxylation sites is 1. The number of hydrogen-bond acceptors (Lipinski definition) is 1. The molecule has 0 aliphatic rings. The monoisotopic (exact) mass is 179 g/mol. The first-order valence-corrected chi connectivity index (χ1v) is 4.32. The van der Waals surface area contributed by atoms with E-state index in [-0.39, 0.29) is 5.82 Å². The molecule has 0 saturated carbocycles. The molecule has 1 aromatic rings. The van der Waals surface area contributed by atoms with Crippen LogP contribution >= 0.6 is 0 Å². The first-order chi connectivity index (χ1) is 6.20. The Morgan fingerprint density at radius 3 is 2.69 bits per heavy atom. The average Bonchev–Trinajstić information content (AvgIpc) is 2.08. The maximum atomic E-state index is 13.0. The van der Waals surface area contributed by atoms with E-state index in [1.807, 2.05) is 26.0 Å². The summed E-state index contributed by atoms with van der Waals surface area (Å²) in [6.45, 7) is 4.70. The molecule has 70 valence electrons. The normalized spacial score (nSPS) is 9.46. The van der Waals surface area contributed by atoms with Crippen LogP contribution in [0, 0.1) is 5.82 Å². The molecule has 0 radical (unpaired) electrons. The van der Waals surface area contributed by atoms with Crippen LogP contribution in [0.1, 0.15) is 13.8 Å². The van der Waals surface area contributed by atoms with Crippen LogP contribution in [0.5, 0.6) is 0 Å². The Morgan fingerprint density at radius 1 is 1.38 bits per heavy atom. The summed E-state index contributed by atoms with van der Waals surface area (Å²) in [5, 5.41) is 2.99. The van der Waals surface area contributed by atoms with Crippen LogP contribution in [0.3, 0.4) is 0 Å². The Hall–Kier alpha value is -1.31. The Kier molecular flexibility index (Phi) is 3.50. The van der Waals surface area contributed by atoms with Crippen LogP contribution in [-0.2, 0) is 0 Å². The van der Waals surface area contributed by atoms with Crippen LogP contribution < -0.4 is 5.32 Å². The molecule has 0 aliphatic carbocycles. The van der Waals surface area contributed by atoms with Gasteiger partial charge in [0.15, 0.2) is 0 Å². The van der Waals surface area contributed by atoms with Gasteiger partial charge in [-0.25, -0.2) is 4.39 Å². The predicted octanol–water partition coefficient (Wildman–Crippen LogP) is 3.20. The smallest absolute Gasteiger partial charge is 0.146 e. The Morgan fingerprint density at radius 2 is 2.08 bits per heavy atom. The summed E-state index contributed by atoms with van der Waals surface area (Å²) in [4.78, 5) is 0. The van der Waals surface area contributed by atoms with Crippen LogP contribution in [-0.4, -0.2) is 6.54 Å². The molecule has 1 nitrogen and oxygen atoms in total. The van der Waals surface area contributed by atoms with Crippen LogP contribution in [0.4, 0.5) is 10.1 Å². The van der Waals surface area contributed by atoms with Gasteiger partial charge in [0.1, 0.15) is 5.82 Å². The van der Waals surface area contributed by atoms with Crippen molar-refractivity contribution in [2.24, 2.45) is 0 Å². The summed E-state index contributed by atoms with van der Waals surface area (Å²) in [5.41, 5.74) is 1.78. The van der Waals surface area contributed by atoms with Gasteiger partial charge in [-0.3, -0.25) is 0 Å². The van der Waals surface area contributed by atoms with Crippen molar-refractivity contribution in [1.82, 2.24) is 0 Å². The molecule has 1 N–H and O–H groups in total. The SMILES string of the molecule is CC(C)=CCNc1ccccc1F. The van der Waals surface area contributed by atoms with Gasteiger partial charge in [0.25, 0.3) is 0 Å². The van der Waals surface area contributed by atoms with E-state index in [2.05, 4.69) is 5.32 Å². The molecule has 0 heterocycles. The summed E-state index contributed by atoms with van der Waals surface area (Å²) < 4.78 is 13.0. The van der Waals surface area contributed by atoms with Gasteiger partial charge < -0.3 is 5.32 Å². The summed E-state index contributed by atoms with van der Waals surface area (Å²) in [7, 11) is 0. The van der Waals surface area contributed by atoms with Gasteiger partial charge in [-0.05, 0) is 26.0 Å². The summed E-state index contributed by atoms with van der Waals surface area (Å²) >= 11 is 0. The molecule has 0 fully saturated rings. The van der Waals surface area contributed by atoms with Crippen molar-refractivity contribution in [2.75, 3.05) is 11.9 Å². The standard InChI is InChI=1S/C11H14FN/c1-9(2)7-8-13-11-6-4-3-5-10(11)12/h3-7,13H,8H2,1-2H3. The molecule has 0 amide bonds. The zero-order chi connectivity index (χ0) is 9.68. The Balaban J connectivity index is 2.55. The number of benzene rings is 1. The van der Waals surface area contributed by atoms with E-state index in [0.29, 0.717) is 12.2 Å². The highest BCUT2D eigenvalue weighted by atomic mass is 19.1. The van der Waals surface area contributed by atoms with Crippen molar-refractivity contribution in [2.45, 2.75) is 13.8 Å². The fraction of sp³-hybridized carbons (Fsp3) is 0.273. The van der Waals surface area contributed by atoms with E-state index in [1.54, 1.807) is 12.1 Å². The lowest BCUT2D eigenvalue weighted by atomic mass is 10.3. The van der Waals surface area contributed by atoms with Crippen molar-refractivity contribution in [3.63, 3.8) is 0 Å². The predicted molar refractivity (Wildman–Crippen MR) is 54.3 cm³/mol. The molecular formula is C11H14FN. The van der Waals surface area contributed by atoms with Gasteiger partial charge in [0.05, 0.1) is 5.69 Å². The highest BCUT2D eigenvalue weighted by Gasteiger charge is 1.96. The number of rotatable bonds is 3.